The third-order valence-corrected chi connectivity index (χ3v) is 3.72. The summed E-state index contributed by atoms with van der Waals surface area (Å²) in [5.41, 5.74) is 18.2. The number of benzene rings is 3. The molecule has 0 radical (unpaired) electrons. The highest BCUT2D eigenvalue weighted by Gasteiger charge is 2.04. The molecule has 4 heteroatoms. The number of nitrogens with zero attached hydrogens (tertiary/aromatic N) is 2. The molecule has 0 aliphatic rings. The standard InChI is InChI=1S/C20H17N3O/c21-20(23-22)18-8-6-15(7-9-18)14-24-19-12-10-17(11-13-19)16-4-2-1-3-5-16/h1-13H,14,21H2. The lowest BCUT2D eigenvalue weighted by Crippen LogP contribution is -2.14. The van der Waals surface area contributed by atoms with Gasteiger partial charge >= 0.3 is 5.84 Å². The number of amidine groups is 1. The Morgan fingerprint density at radius 2 is 1.46 bits per heavy atom. The van der Waals surface area contributed by atoms with Crippen LogP contribution in [0.15, 0.2) is 78.9 Å². The SMILES string of the molecule is [N-]=[N+]=C(N)c1ccc(COc2ccc(-c3ccccc3)cc2)cc1. The smallest absolute Gasteiger partial charge is 0.357 e. The van der Waals surface area contributed by atoms with Gasteiger partial charge in [-0.3, -0.25) is 5.73 Å². The van der Waals surface area contributed by atoms with Crippen molar-refractivity contribution >= 4 is 5.84 Å². The molecule has 2 N–H and O–H groups in total. The minimum atomic E-state index is 0.0963. The van der Waals surface area contributed by atoms with E-state index in [9.17, 15) is 0 Å². The molecule has 118 valence electrons. The van der Waals surface area contributed by atoms with Crippen LogP contribution < -0.4 is 10.5 Å². The number of ether oxygens (including phenoxy) is 1. The fraction of sp³-hybridized carbons (Fsp3) is 0.0500. The Hall–Kier alpha value is -3.36. The normalized spacial score (nSPS) is 10.0. The molecule has 3 rings (SSSR count). The van der Waals surface area contributed by atoms with E-state index in [0.29, 0.717) is 12.2 Å². The zero-order valence-electron chi connectivity index (χ0n) is 13.1. The molecule has 4 nitrogen and oxygen atoms in total. The van der Waals surface area contributed by atoms with Crippen LogP contribution in [0.4, 0.5) is 0 Å². The number of nitrogens with two attached hydrogens (primary N) is 1. The Kier molecular flexibility index (Phi) is 4.70. The van der Waals surface area contributed by atoms with Crippen molar-refractivity contribution in [3.8, 4) is 16.9 Å². The highest BCUT2D eigenvalue weighted by Crippen LogP contribution is 2.22. The second kappa shape index (κ2) is 7.27. The predicted octanol–water partition coefficient (Wildman–Crippen LogP) is 3.87. The van der Waals surface area contributed by atoms with Gasteiger partial charge in [-0.05, 0) is 41.0 Å². The Labute approximate surface area is 140 Å². The molecule has 0 bridgehead atoms. The van der Waals surface area contributed by atoms with E-state index in [2.05, 4.69) is 16.9 Å². The molecule has 0 aliphatic carbocycles. The fourth-order valence-electron chi connectivity index (χ4n) is 2.37. The zero-order chi connectivity index (χ0) is 16.8. The first-order chi connectivity index (χ1) is 11.8. The third-order valence-electron chi connectivity index (χ3n) is 3.72. The molecule has 3 aromatic rings. The van der Waals surface area contributed by atoms with Crippen molar-refractivity contribution in [1.29, 1.82) is 0 Å². The summed E-state index contributed by atoms with van der Waals surface area (Å²) in [5, 5.41) is 0. The third kappa shape index (κ3) is 3.69. The van der Waals surface area contributed by atoms with Gasteiger partial charge in [-0.2, -0.15) is 0 Å². The van der Waals surface area contributed by atoms with Gasteiger partial charge in [-0.15, -0.1) is 0 Å². The van der Waals surface area contributed by atoms with E-state index in [4.69, 9.17) is 16.0 Å². The van der Waals surface area contributed by atoms with Crippen LogP contribution in [0.25, 0.3) is 16.7 Å². The van der Waals surface area contributed by atoms with Crippen LogP contribution >= 0.6 is 0 Å². The van der Waals surface area contributed by atoms with E-state index < -0.39 is 0 Å². The molecular weight excluding hydrogens is 298 g/mol. The maximum Gasteiger partial charge on any atom is 0.357 e. The molecule has 24 heavy (non-hydrogen) atoms. The average molecular weight is 315 g/mol. The summed E-state index contributed by atoms with van der Waals surface area (Å²) < 4.78 is 5.80. The first-order valence-corrected chi connectivity index (χ1v) is 7.61. The summed E-state index contributed by atoms with van der Waals surface area (Å²) in [5.74, 6) is 0.911. The molecule has 0 unspecified atom stereocenters. The van der Waals surface area contributed by atoms with Gasteiger partial charge in [0.1, 0.15) is 12.4 Å². The molecule has 0 saturated carbocycles. The topological polar surface area (TPSA) is 71.7 Å². The molecular formula is C20H17N3O. The second-order valence-corrected chi connectivity index (χ2v) is 5.36. The van der Waals surface area contributed by atoms with Gasteiger partial charge in [0.2, 0.25) is 0 Å². The summed E-state index contributed by atoms with van der Waals surface area (Å²) in [6, 6.07) is 25.6. The van der Waals surface area contributed by atoms with Crippen LogP contribution in [0.5, 0.6) is 5.75 Å². The van der Waals surface area contributed by atoms with Crippen LogP contribution in [-0.4, -0.2) is 10.6 Å². The van der Waals surface area contributed by atoms with Crippen LogP contribution in [0, 0.1) is 0 Å². The van der Waals surface area contributed by atoms with Crippen molar-refractivity contribution in [3.63, 3.8) is 0 Å². The molecule has 0 aromatic heterocycles. The van der Waals surface area contributed by atoms with Crippen molar-refractivity contribution in [2.45, 2.75) is 6.61 Å². The zero-order valence-corrected chi connectivity index (χ0v) is 13.1. The molecule has 0 heterocycles. The summed E-state index contributed by atoms with van der Waals surface area (Å²) in [6.07, 6.45) is 0. The lowest BCUT2D eigenvalue weighted by Gasteiger charge is -2.08. The highest BCUT2D eigenvalue weighted by atomic mass is 16.5. The first-order valence-electron chi connectivity index (χ1n) is 7.61. The maximum atomic E-state index is 8.65. The Bertz CT molecular complexity index is 850. The van der Waals surface area contributed by atoms with Gasteiger partial charge in [-0.1, -0.05) is 54.6 Å². The number of hydrogen-bond donors (Lipinski definition) is 1. The summed E-state index contributed by atoms with van der Waals surface area (Å²) in [4.78, 5) is 2.98. The lowest BCUT2D eigenvalue weighted by molar-refractivity contribution is -0.00566. The lowest BCUT2D eigenvalue weighted by atomic mass is 10.1. The van der Waals surface area contributed by atoms with Crippen LogP contribution in [0.2, 0.25) is 0 Å². The van der Waals surface area contributed by atoms with Gasteiger partial charge < -0.3 is 15.1 Å². The summed E-state index contributed by atoms with van der Waals surface area (Å²) in [7, 11) is 0. The van der Waals surface area contributed by atoms with E-state index in [0.717, 1.165) is 16.9 Å². The van der Waals surface area contributed by atoms with Crippen molar-refractivity contribution in [2.24, 2.45) is 5.73 Å². The molecule has 0 atom stereocenters. The van der Waals surface area contributed by atoms with E-state index in [-0.39, 0.29) is 5.84 Å². The van der Waals surface area contributed by atoms with E-state index in [1.165, 1.54) is 5.56 Å². The predicted molar refractivity (Wildman–Crippen MR) is 94.6 cm³/mol. The molecule has 0 spiro atoms. The Morgan fingerprint density at radius 1 is 0.833 bits per heavy atom. The van der Waals surface area contributed by atoms with Gasteiger partial charge in [0, 0.05) is 0 Å². The molecule has 3 aromatic carbocycles. The van der Waals surface area contributed by atoms with Crippen LogP contribution in [-0.2, 0) is 6.61 Å². The summed E-state index contributed by atoms with van der Waals surface area (Å²) >= 11 is 0. The largest absolute Gasteiger partial charge is 0.497 e. The van der Waals surface area contributed by atoms with Crippen molar-refractivity contribution in [2.75, 3.05) is 0 Å². The van der Waals surface area contributed by atoms with Crippen LogP contribution in [0.3, 0.4) is 0 Å². The van der Waals surface area contributed by atoms with Gasteiger partial charge in [0.05, 0.1) is 5.56 Å². The second-order valence-electron chi connectivity index (χ2n) is 5.36. The molecule has 0 fully saturated rings. The minimum Gasteiger partial charge on any atom is -0.497 e. The van der Waals surface area contributed by atoms with Crippen molar-refractivity contribution in [3.05, 3.63) is 95.5 Å². The van der Waals surface area contributed by atoms with E-state index in [1.807, 2.05) is 54.6 Å². The Morgan fingerprint density at radius 3 is 2.08 bits per heavy atom. The van der Waals surface area contributed by atoms with Crippen molar-refractivity contribution in [1.82, 2.24) is 0 Å². The molecule has 0 aliphatic heterocycles. The van der Waals surface area contributed by atoms with E-state index >= 15 is 0 Å². The number of hydrogen-bond acceptors (Lipinski definition) is 1. The summed E-state index contributed by atoms with van der Waals surface area (Å²) in [6.45, 7) is 0.459. The molecule has 0 amide bonds. The van der Waals surface area contributed by atoms with Crippen LogP contribution in [0.1, 0.15) is 11.1 Å². The monoisotopic (exact) mass is 315 g/mol. The maximum absolute atomic E-state index is 8.65. The van der Waals surface area contributed by atoms with Gasteiger partial charge in [-0.25, -0.2) is 0 Å². The Balaban J connectivity index is 1.64. The molecule has 0 saturated heterocycles. The van der Waals surface area contributed by atoms with Gasteiger partial charge in [0.15, 0.2) is 0 Å². The minimum absolute atomic E-state index is 0.0963. The average Bonchev–Trinajstić information content (AvgIpc) is 2.67. The highest BCUT2D eigenvalue weighted by molar-refractivity contribution is 5.92. The van der Waals surface area contributed by atoms with Gasteiger partial charge in [0.25, 0.3) is 0 Å². The quantitative estimate of drug-likeness (QED) is 0.336. The first kappa shape index (κ1) is 15.5. The van der Waals surface area contributed by atoms with E-state index in [1.54, 1.807) is 12.1 Å². The number of rotatable bonds is 5. The van der Waals surface area contributed by atoms with Crippen molar-refractivity contribution < 1.29 is 9.53 Å². The fourth-order valence-corrected chi connectivity index (χ4v) is 2.37.